The predicted octanol–water partition coefficient (Wildman–Crippen LogP) is -0.844. The van der Waals surface area contributed by atoms with Crippen LogP contribution in [0.1, 0.15) is 5.56 Å². The van der Waals surface area contributed by atoms with E-state index in [9.17, 15) is 14.7 Å². The van der Waals surface area contributed by atoms with Crippen LogP contribution >= 0.6 is 0 Å². The van der Waals surface area contributed by atoms with Crippen molar-refractivity contribution in [3.63, 3.8) is 0 Å². The zero-order valence-electron chi connectivity index (χ0n) is 12.3. The molecule has 1 aromatic carbocycles. The number of nitrogens with zero attached hydrogens (tertiary/aromatic N) is 2. The maximum Gasteiger partial charge on any atom is 0.335 e. The summed E-state index contributed by atoms with van der Waals surface area (Å²) in [5.74, 6) is 0.0409. The van der Waals surface area contributed by atoms with Gasteiger partial charge in [0.2, 0.25) is 5.88 Å². The number of aromatic hydroxyl groups is 1. The number of ether oxygens (including phenoxy) is 1. The number of benzene rings is 1. The minimum Gasteiger partial charge on any atom is -0.497 e. The molecule has 1 aromatic heterocycles. The van der Waals surface area contributed by atoms with Gasteiger partial charge in [-0.05, 0) is 24.3 Å². The quantitative estimate of drug-likeness (QED) is 0.312. The fourth-order valence-electron chi connectivity index (χ4n) is 1.85. The molecule has 0 bridgehead atoms. The van der Waals surface area contributed by atoms with Crippen LogP contribution in [0.15, 0.2) is 39.0 Å². The molecule has 0 unspecified atom stereocenters. The maximum absolute atomic E-state index is 12.0. The van der Waals surface area contributed by atoms with Gasteiger partial charge >= 0.3 is 5.69 Å². The molecular formula is C14H16N4O5. The van der Waals surface area contributed by atoms with Crippen molar-refractivity contribution in [1.29, 1.82) is 0 Å². The average Bonchev–Trinajstić information content (AvgIpc) is 2.54. The third kappa shape index (κ3) is 3.58. The topological polar surface area (TPSA) is 129 Å². The van der Waals surface area contributed by atoms with E-state index in [1.807, 2.05) is 0 Å². The highest BCUT2D eigenvalue weighted by Crippen LogP contribution is 2.18. The number of hydrogen-bond acceptors (Lipinski definition) is 7. The molecule has 9 nitrogen and oxygen atoms in total. The molecular weight excluding hydrogens is 304 g/mol. The van der Waals surface area contributed by atoms with E-state index in [1.165, 1.54) is 7.11 Å². The van der Waals surface area contributed by atoms with Crippen molar-refractivity contribution in [3.8, 4) is 17.3 Å². The van der Waals surface area contributed by atoms with Crippen LogP contribution in [0.2, 0.25) is 0 Å². The van der Waals surface area contributed by atoms with E-state index in [-0.39, 0.29) is 18.7 Å². The Bertz CT molecular complexity index is 807. The van der Waals surface area contributed by atoms with Crippen molar-refractivity contribution in [2.24, 2.45) is 5.10 Å². The van der Waals surface area contributed by atoms with Gasteiger partial charge in [0.15, 0.2) is 0 Å². The Balaban J connectivity index is 2.49. The molecule has 0 radical (unpaired) electrons. The zero-order valence-corrected chi connectivity index (χ0v) is 12.3. The summed E-state index contributed by atoms with van der Waals surface area (Å²) in [6.07, 6.45) is 1.07. The van der Waals surface area contributed by atoms with Gasteiger partial charge in [-0.1, -0.05) is 0 Å². The second-order valence-electron chi connectivity index (χ2n) is 4.42. The van der Waals surface area contributed by atoms with Crippen molar-refractivity contribution in [3.05, 3.63) is 50.7 Å². The molecule has 0 amide bonds. The standard InChI is InChI=1S/C14H16N4O5/c1-23-10-4-2-9(3-5-10)18-13(21)11(8-16-15-6-7-19)12(20)17-14(18)22/h2-5,8,15,19,21H,6-7H2,1H3,(H,17,20,22)/b16-8+. The molecule has 0 aliphatic rings. The Morgan fingerprint density at radius 3 is 2.65 bits per heavy atom. The zero-order chi connectivity index (χ0) is 16.8. The molecule has 0 saturated heterocycles. The first-order chi connectivity index (χ1) is 11.1. The van der Waals surface area contributed by atoms with Gasteiger partial charge in [-0.2, -0.15) is 5.10 Å². The third-order valence-electron chi connectivity index (χ3n) is 2.96. The summed E-state index contributed by atoms with van der Waals surface area (Å²) in [7, 11) is 1.51. The number of aromatic nitrogens is 2. The van der Waals surface area contributed by atoms with E-state index in [0.717, 1.165) is 10.8 Å². The van der Waals surface area contributed by atoms with Crippen LogP contribution in [-0.2, 0) is 0 Å². The second kappa shape index (κ2) is 7.27. The first kappa shape index (κ1) is 16.3. The fraction of sp³-hybridized carbons (Fsp3) is 0.214. The molecule has 0 aliphatic heterocycles. The van der Waals surface area contributed by atoms with Gasteiger partial charge in [0, 0.05) is 0 Å². The Kier molecular flexibility index (Phi) is 5.15. The number of nitrogens with one attached hydrogen (secondary N) is 2. The van der Waals surface area contributed by atoms with Gasteiger partial charge in [0.25, 0.3) is 5.56 Å². The van der Waals surface area contributed by atoms with Crippen LogP contribution < -0.4 is 21.4 Å². The van der Waals surface area contributed by atoms with Crippen LogP contribution in [0.3, 0.4) is 0 Å². The monoisotopic (exact) mass is 320 g/mol. The Morgan fingerprint density at radius 2 is 2.04 bits per heavy atom. The molecule has 23 heavy (non-hydrogen) atoms. The van der Waals surface area contributed by atoms with E-state index in [2.05, 4.69) is 15.5 Å². The first-order valence-electron chi connectivity index (χ1n) is 6.68. The summed E-state index contributed by atoms with van der Waals surface area (Å²) in [6.45, 7) is 0.0539. The molecule has 0 saturated carbocycles. The van der Waals surface area contributed by atoms with Crippen molar-refractivity contribution in [2.45, 2.75) is 0 Å². The highest BCUT2D eigenvalue weighted by atomic mass is 16.5. The van der Waals surface area contributed by atoms with Gasteiger partial charge in [-0.15, -0.1) is 0 Å². The lowest BCUT2D eigenvalue weighted by Crippen LogP contribution is -2.31. The molecule has 4 N–H and O–H groups in total. The number of aliphatic hydroxyl groups is 1. The molecule has 0 fully saturated rings. The molecule has 1 heterocycles. The molecule has 2 aromatic rings. The normalized spacial score (nSPS) is 10.9. The van der Waals surface area contributed by atoms with E-state index in [1.54, 1.807) is 24.3 Å². The first-order valence-corrected chi connectivity index (χ1v) is 6.68. The number of aromatic amines is 1. The largest absolute Gasteiger partial charge is 0.497 e. The van der Waals surface area contributed by atoms with Gasteiger partial charge < -0.3 is 20.4 Å². The summed E-state index contributed by atoms with van der Waals surface area (Å²) in [4.78, 5) is 25.9. The Labute approximate surface area is 130 Å². The Morgan fingerprint density at radius 1 is 1.35 bits per heavy atom. The van der Waals surface area contributed by atoms with Crippen LogP contribution in [0.25, 0.3) is 5.69 Å². The van der Waals surface area contributed by atoms with Crippen LogP contribution in [0, 0.1) is 0 Å². The van der Waals surface area contributed by atoms with Crippen LogP contribution in [-0.4, -0.2) is 46.2 Å². The van der Waals surface area contributed by atoms with Gasteiger partial charge in [-0.25, -0.2) is 9.36 Å². The lowest BCUT2D eigenvalue weighted by atomic mass is 10.2. The molecule has 0 spiro atoms. The number of rotatable bonds is 6. The molecule has 2 rings (SSSR count). The summed E-state index contributed by atoms with van der Waals surface area (Å²) in [6, 6.07) is 6.35. The van der Waals surface area contributed by atoms with E-state index < -0.39 is 17.1 Å². The van der Waals surface area contributed by atoms with Crippen molar-refractivity contribution in [1.82, 2.24) is 15.0 Å². The summed E-state index contributed by atoms with van der Waals surface area (Å²) in [5.41, 5.74) is 1.09. The van der Waals surface area contributed by atoms with Crippen molar-refractivity contribution in [2.75, 3.05) is 20.3 Å². The molecule has 9 heteroatoms. The molecule has 0 atom stereocenters. The minimum atomic E-state index is -0.780. The number of hydrogen-bond donors (Lipinski definition) is 4. The predicted molar refractivity (Wildman–Crippen MR) is 83.6 cm³/mol. The van der Waals surface area contributed by atoms with Crippen LogP contribution in [0.5, 0.6) is 11.6 Å². The lowest BCUT2D eigenvalue weighted by molar-refractivity contribution is 0.294. The van der Waals surface area contributed by atoms with Gasteiger partial charge in [-0.3, -0.25) is 9.78 Å². The maximum atomic E-state index is 12.0. The number of H-pyrrole nitrogens is 1. The SMILES string of the molecule is COc1ccc(-n2c(O)c(/C=N/NCCO)c(=O)[nH]c2=O)cc1. The molecule has 122 valence electrons. The van der Waals surface area contributed by atoms with Gasteiger partial charge in [0.05, 0.1) is 32.2 Å². The van der Waals surface area contributed by atoms with Crippen molar-refractivity contribution >= 4 is 6.21 Å². The summed E-state index contributed by atoms with van der Waals surface area (Å²) >= 11 is 0. The second-order valence-corrected chi connectivity index (χ2v) is 4.42. The van der Waals surface area contributed by atoms with Crippen molar-refractivity contribution < 1.29 is 14.9 Å². The van der Waals surface area contributed by atoms with Crippen LogP contribution in [0.4, 0.5) is 0 Å². The third-order valence-corrected chi connectivity index (χ3v) is 2.96. The number of aliphatic hydroxyl groups excluding tert-OH is 1. The van der Waals surface area contributed by atoms with Gasteiger partial charge in [0.1, 0.15) is 11.3 Å². The number of methoxy groups -OCH3 is 1. The smallest absolute Gasteiger partial charge is 0.335 e. The van der Waals surface area contributed by atoms with E-state index in [0.29, 0.717) is 11.4 Å². The average molecular weight is 320 g/mol. The van der Waals surface area contributed by atoms with E-state index in [4.69, 9.17) is 9.84 Å². The molecule has 0 aliphatic carbocycles. The van der Waals surface area contributed by atoms with E-state index >= 15 is 0 Å². The number of hydrazone groups is 1. The summed E-state index contributed by atoms with van der Waals surface area (Å²) in [5, 5.41) is 22.6. The summed E-state index contributed by atoms with van der Waals surface area (Å²) < 4.78 is 5.97. The highest BCUT2D eigenvalue weighted by molar-refractivity contribution is 5.82. The lowest BCUT2D eigenvalue weighted by Gasteiger charge is -2.10. The fourth-order valence-corrected chi connectivity index (χ4v) is 1.85. The minimum absolute atomic E-state index is 0.134. The Hall–Kier alpha value is -3.07. The highest BCUT2D eigenvalue weighted by Gasteiger charge is 2.14.